The molecule has 1 saturated carbocycles. The van der Waals surface area contributed by atoms with Gasteiger partial charge < -0.3 is 14.6 Å². The summed E-state index contributed by atoms with van der Waals surface area (Å²) < 4.78 is 1.85. The van der Waals surface area contributed by atoms with Gasteiger partial charge in [-0.25, -0.2) is 0 Å². The maximum atomic E-state index is 12.5. The summed E-state index contributed by atoms with van der Waals surface area (Å²) >= 11 is 0. The highest BCUT2D eigenvalue weighted by Crippen LogP contribution is 2.25. The highest BCUT2D eigenvalue weighted by atomic mass is 16.4. The lowest BCUT2D eigenvalue weighted by atomic mass is 10.2. The quantitative estimate of drug-likeness (QED) is 0.884. The Bertz CT molecular complexity index is 461. The number of aromatic nitrogens is 1. The predicted molar refractivity (Wildman–Crippen MR) is 71.0 cm³/mol. The second-order valence-electron chi connectivity index (χ2n) is 4.94. The van der Waals surface area contributed by atoms with E-state index in [1.165, 1.54) is 4.90 Å². The van der Waals surface area contributed by atoms with Crippen LogP contribution in [0.2, 0.25) is 0 Å². The summed E-state index contributed by atoms with van der Waals surface area (Å²) in [5.41, 5.74) is 0.579. The SMILES string of the molecule is CCn1cccc1C(=O)N(CC(=O)O)C1CCCC1. The van der Waals surface area contributed by atoms with Crippen molar-refractivity contribution in [1.29, 1.82) is 0 Å². The summed E-state index contributed by atoms with van der Waals surface area (Å²) in [5, 5.41) is 9.02. The first-order chi connectivity index (χ1) is 9.13. The largest absolute Gasteiger partial charge is 0.480 e. The second kappa shape index (κ2) is 5.91. The maximum Gasteiger partial charge on any atom is 0.323 e. The van der Waals surface area contributed by atoms with Crippen molar-refractivity contribution in [2.24, 2.45) is 0 Å². The standard InChI is InChI=1S/C14H20N2O3/c1-2-15-9-5-8-12(15)14(19)16(10-13(17)18)11-6-3-4-7-11/h5,8-9,11H,2-4,6-7,10H2,1H3,(H,17,18). The maximum absolute atomic E-state index is 12.5. The van der Waals surface area contributed by atoms with E-state index in [4.69, 9.17) is 5.11 Å². The van der Waals surface area contributed by atoms with Crippen LogP contribution in [0.3, 0.4) is 0 Å². The molecule has 1 aliphatic carbocycles. The molecule has 1 fully saturated rings. The van der Waals surface area contributed by atoms with Gasteiger partial charge in [-0.3, -0.25) is 9.59 Å². The van der Waals surface area contributed by atoms with Gasteiger partial charge in [0.15, 0.2) is 0 Å². The molecule has 0 atom stereocenters. The molecule has 0 spiro atoms. The fraction of sp³-hybridized carbons (Fsp3) is 0.571. The molecule has 1 aromatic heterocycles. The summed E-state index contributed by atoms with van der Waals surface area (Å²) in [6, 6.07) is 3.66. The molecule has 19 heavy (non-hydrogen) atoms. The predicted octanol–water partition coefficient (Wildman–Crippen LogP) is 1.98. The van der Waals surface area contributed by atoms with Crippen LogP contribution in [0.15, 0.2) is 18.3 Å². The fourth-order valence-electron chi connectivity index (χ4n) is 2.76. The molecule has 5 heteroatoms. The Labute approximate surface area is 112 Å². The van der Waals surface area contributed by atoms with Crippen LogP contribution in [0.4, 0.5) is 0 Å². The fourth-order valence-corrected chi connectivity index (χ4v) is 2.76. The lowest BCUT2D eigenvalue weighted by Gasteiger charge is -2.27. The molecule has 0 aromatic carbocycles. The summed E-state index contributed by atoms with van der Waals surface area (Å²) in [5.74, 6) is -1.11. The van der Waals surface area contributed by atoms with Gasteiger partial charge in [0, 0.05) is 18.8 Å². The van der Waals surface area contributed by atoms with Crippen molar-refractivity contribution >= 4 is 11.9 Å². The van der Waals surface area contributed by atoms with Crippen molar-refractivity contribution in [3.63, 3.8) is 0 Å². The van der Waals surface area contributed by atoms with Crippen molar-refractivity contribution in [3.8, 4) is 0 Å². The molecule has 1 N–H and O–H groups in total. The first-order valence-electron chi connectivity index (χ1n) is 6.81. The number of carboxylic acids is 1. The van der Waals surface area contributed by atoms with E-state index >= 15 is 0 Å². The van der Waals surface area contributed by atoms with Crippen LogP contribution >= 0.6 is 0 Å². The van der Waals surface area contributed by atoms with E-state index in [0.717, 1.165) is 25.7 Å². The van der Waals surface area contributed by atoms with E-state index in [0.29, 0.717) is 12.2 Å². The van der Waals surface area contributed by atoms with Gasteiger partial charge in [0.05, 0.1) is 0 Å². The molecule has 0 unspecified atom stereocenters. The van der Waals surface area contributed by atoms with Crippen LogP contribution in [0, 0.1) is 0 Å². The minimum Gasteiger partial charge on any atom is -0.480 e. The molecule has 5 nitrogen and oxygen atoms in total. The molecule has 1 amide bonds. The number of hydrogen-bond donors (Lipinski definition) is 1. The number of carboxylic acid groups (broad SMARTS) is 1. The Morgan fingerprint density at radius 1 is 1.42 bits per heavy atom. The number of carbonyl (C=O) groups excluding carboxylic acids is 1. The van der Waals surface area contributed by atoms with E-state index in [1.807, 2.05) is 23.8 Å². The highest BCUT2D eigenvalue weighted by molar-refractivity contribution is 5.94. The van der Waals surface area contributed by atoms with Gasteiger partial charge in [-0.05, 0) is 31.9 Å². The van der Waals surface area contributed by atoms with Crippen LogP contribution in [-0.2, 0) is 11.3 Å². The molecule has 1 heterocycles. The van der Waals surface area contributed by atoms with Gasteiger partial charge in [0.2, 0.25) is 0 Å². The van der Waals surface area contributed by atoms with Crippen molar-refractivity contribution in [1.82, 2.24) is 9.47 Å². The summed E-state index contributed by atoms with van der Waals surface area (Å²) in [6.45, 7) is 2.46. The third kappa shape index (κ3) is 2.97. The normalized spacial score (nSPS) is 15.6. The van der Waals surface area contributed by atoms with Gasteiger partial charge in [0.25, 0.3) is 5.91 Å². The Balaban J connectivity index is 2.21. The second-order valence-corrected chi connectivity index (χ2v) is 4.94. The van der Waals surface area contributed by atoms with Crippen molar-refractivity contribution < 1.29 is 14.7 Å². The van der Waals surface area contributed by atoms with Crippen LogP contribution < -0.4 is 0 Å². The first kappa shape index (κ1) is 13.6. The third-order valence-electron chi connectivity index (χ3n) is 3.72. The minimum absolute atomic E-state index is 0.0730. The molecule has 1 aliphatic rings. The van der Waals surface area contributed by atoms with Crippen molar-refractivity contribution in [2.75, 3.05) is 6.54 Å². The van der Waals surface area contributed by atoms with E-state index in [1.54, 1.807) is 6.07 Å². The summed E-state index contributed by atoms with van der Waals surface area (Å²) in [4.78, 5) is 25.1. The average Bonchev–Trinajstić information content (AvgIpc) is 3.05. The Morgan fingerprint density at radius 2 is 2.11 bits per heavy atom. The molecular weight excluding hydrogens is 244 g/mol. The number of rotatable bonds is 5. The van der Waals surface area contributed by atoms with E-state index in [-0.39, 0.29) is 18.5 Å². The van der Waals surface area contributed by atoms with Gasteiger partial charge in [-0.1, -0.05) is 12.8 Å². The monoisotopic (exact) mass is 264 g/mol. The van der Waals surface area contributed by atoms with E-state index in [9.17, 15) is 9.59 Å². The van der Waals surface area contributed by atoms with Gasteiger partial charge >= 0.3 is 5.97 Å². The summed E-state index contributed by atoms with van der Waals surface area (Å²) in [6.07, 6.45) is 5.81. The Morgan fingerprint density at radius 3 is 2.68 bits per heavy atom. The minimum atomic E-state index is -0.949. The van der Waals surface area contributed by atoms with Crippen molar-refractivity contribution in [3.05, 3.63) is 24.0 Å². The zero-order valence-electron chi connectivity index (χ0n) is 11.2. The molecule has 0 saturated heterocycles. The lowest BCUT2D eigenvalue weighted by Crippen LogP contribution is -2.43. The highest BCUT2D eigenvalue weighted by Gasteiger charge is 2.30. The van der Waals surface area contributed by atoms with Gasteiger partial charge in [-0.2, -0.15) is 0 Å². The van der Waals surface area contributed by atoms with Crippen molar-refractivity contribution in [2.45, 2.75) is 45.2 Å². The topological polar surface area (TPSA) is 62.5 Å². The lowest BCUT2D eigenvalue weighted by molar-refractivity contribution is -0.138. The van der Waals surface area contributed by atoms with Crippen LogP contribution in [-0.4, -0.2) is 39.0 Å². The number of aliphatic carboxylic acids is 1. The van der Waals surface area contributed by atoms with E-state index in [2.05, 4.69) is 0 Å². The number of carbonyl (C=O) groups is 2. The van der Waals surface area contributed by atoms with Crippen LogP contribution in [0.25, 0.3) is 0 Å². The number of nitrogens with zero attached hydrogens (tertiary/aromatic N) is 2. The van der Waals surface area contributed by atoms with Gasteiger partial charge in [0.1, 0.15) is 12.2 Å². The molecule has 1 aromatic rings. The molecule has 0 radical (unpaired) electrons. The van der Waals surface area contributed by atoms with Gasteiger partial charge in [-0.15, -0.1) is 0 Å². The number of aryl methyl sites for hydroxylation is 1. The Hall–Kier alpha value is -1.78. The smallest absolute Gasteiger partial charge is 0.323 e. The van der Waals surface area contributed by atoms with Crippen LogP contribution in [0.5, 0.6) is 0 Å². The third-order valence-corrected chi connectivity index (χ3v) is 3.72. The molecule has 0 aliphatic heterocycles. The first-order valence-corrected chi connectivity index (χ1v) is 6.81. The number of amides is 1. The van der Waals surface area contributed by atoms with Crippen LogP contribution in [0.1, 0.15) is 43.1 Å². The average molecular weight is 264 g/mol. The van der Waals surface area contributed by atoms with E-state index < -0.39 is 5.97 Å². The summed E-state index contributed by atoms with van der Waals surface area (Å²) in [7, 11) is 0. The zero-order valence-corrected chi connectivity index (χ0v) is 11.2. The molecule has 104 valence electrons. The number of hydrogen-bond acceptors (Lipinski definition) is 2. The molecule has 2 rings (SSSR count). The molecular formula is C14H20N2O3. The zero-order chi connectivity index (χ0) is 13.8. The molecule has 0 bridgehead atoms. The Kier molecular flexibility index (Phi) is 4.24.